The van der Waals surface area contributed by atoms with Crippen LogP contribution in [0.1, 0.15) is 22.6 Å². The van der Waals surface area contributed by atoms with Crippen LogP contribution in [0.4, 0.5) is 5.69 Å². The number of anilines is 1. The number of aryl methyl sites for hydroxylation is 2. The van der Waals surface area contributed by atoms with E-state index in [4.69, 9.17) is 4.52 Å². The lowest BCUT2D eigenvalue weighted by Gasteiger charge is -2.34. The van der Waals surface area contributed by atoms with E-state index in [1.807, 2.05) is 36.4 Å². The first kappa shape index (κ1) is 20.8. The summed E-state index contributed by atoms with van der Waals surface area (Å²) >= 11 is 3.36. The molecule has 1 aliphatic rings. The van der Waals surface area contributed by atoms with Crippen molar-refractivity contribution in [3.8, 4) is 0 Å². The van der Waals surface area contributed by atoms with Gasteiger partial charge in [-0.2, -0.15) is 4.31 Å². The zero-order valence-corrected chi connectivity index (χ0v) is 18.8. The van der Waals surface area contributed by atoms with Crippen LogP contribution in [-0.4, -0.2) is 29.8 Å². The number of aromatic nitrogens is 1. The second-order valence-electron chi connectivity index (χ2n) is 7.19. The fourth-order valence-corrected chi connectivity index (χ4v) is 5.82. The van der Waals surface area contributed by atoms with E-state index in [0.717, 1.165) is 15.6 Å². The highest BCUT2D eigenvalue weighted by molar-refractivity contribution is 9.10. The SMILES string of the molecule is Cc1noc(C)c1S(=O)(=O)N1Cc2ccccc2CC1C(=O)Nc1ccc(Br)cc1. The van der Waals surface area contributed by atoms with Crippen LogP contribution in [0.25, 0.3) is 0 Å². The molecule has 0 saturated carbocycles. The summed E-state index contributed by atoms with van der Waals surface area (Å²) < 4.78 is 34.3. The zero-order valence-electron chi connectivity index (χ0n) is 16.4. The number of hydrogen-bond donors (Lipinski definition) is 1. The standard InChI is InChI=1S/C21H20BrN3O4S/c1-13-20(14(2)29-24-13)30(27,28)25-12-16-6-4-3-5-15(16)11-19(25)21(26)23-18-9-7-17(22)8-10-18/h3-10,19H,11-12H2,1-2H3,(H,23,26). The van der Waals surface area contributed by atoms with Gasteiger partial charge in [-0.15, -0.1) is 0 Å². The molecule has 7 nitrogen and oxygen atoms in total. The molecule has 0 radical (unpaired) electrons. The summed E-state index contributed by atoms with van der Waals surface area (Å²) in [5.41, 5.74) is 2.70. The first-order valence-corrected chi connectivity index (χ1v) is 11.6. The maximum absolute atomic E-state index is 13.6. The highest BCUT2D eigenvalue weighted by atomic mass is 79.9. The van der Waals surface area contributed by atoms with Gasteiger partial charge >= 0.3 is 0 Å². The predicted octanol–water partition coefficient (Wildman–Crippen LogP) is 3.81. The highest BCUT2D eigenvalue weighted by Gasteiger charge is 2.42. The molecule has 1 unspecified atom stereocenters. The van der Waals surface area contributed by atoms with Gasteiger partial charge in [0.05, 0.1) is 0 Å². The van der Waals surface area contributed by atoms with E-state index in [0.29, 0.717) is 5.69 Å². The summed E-state index contributed by atoms with van der Waals surface area (Å²) in [5.74, 6) is -0.180. The number of rotatable bonds is 4. The minimum Gasteiger partial charge on any atom is -0.360 e. The Morgan fingerprint density at radius 2 is 1.80 bits per heavy atom. The molecule has 0 saturated heterocycles. The lowest BCUT2D eigenvalue weighted by molar-refractivity contribution is -0.120. The molecule has 1 N–H and O–H groups in total. The summed E-state index contributed by atoms with van der Waals surface area (Å²) in [6, 6.07) is 13.8. The number of benzene rings is 2. The number of sulfonamides is 1. The summed E-state index contributed by atoms with van der Waals surface area (Å²) in [4.78, 5) is 13.2. The van der Waals surface area contributed by atoms with Gasteiger partial charge in [0.25, 0.3) is 0 Å². The number of nitrogens with one attached hydrogen (secondary N) is 1. The summed E-state index contributed by atoms with van der Waals surface area (Å²) in [6.07, 6.45) is 0.279. The van der Waals surface area contributed by atoms with Crippen LogP contribution >= 0.6 is 15.9 Å². The number of halogens is 1. The van der Waals surface area contributed by atoms with E-state index in [2.05, 4.69) is 26.4 Å². The average molecular weight is 490 g/mol. The van der Waals surface area contributed by atoms with Crippen molar-refractivity contribution in [3.05, 3.63) is 75.6 Å². The van der Waals surface area contributed by atoms with Gasteiger partial charge in [-0.25, -0.2) is 8.42 Å². The van der Waals surface area contributed by atoms with Crippen molar-refractivity contribution in [2.24, 2.45) is 0 Å². The monoisotopic (exact) mass is 489 g/mol. The molecule has 2 aromatic carbocycles. The van der Waals surface area contributed by atoms with E-state index >= 15 is 0 Å². The molecule has 9 heteroatoms. The fourth-order valence-electron chi connectivity index (χ4n) is 3.69. The largest absolute Gasteiger partial charge is 0.360 e. The number of carbonyl (C=O) groups is 1. The first-order valence-electron chi connectivity index (χ1n) is 9.35. The maximum Gasteiger partial charge on any atom is 0.249 e. The topological polar surface area (TPSA) is 92.5 Å². The summed E-state index contributed by atoms with van der Waals surface area (Å²) in [6.45, 7) is 3.24. The van der Waals surface area contributed by atoms with Gasteiger partial charge in [0.15, 0.2) is 5.76 Å². The number of hydrogen-bond acceptors (Lipinski definition) is 5. The molecule has 0 fully saturated rings. The molecule has 0 aliphatic carbocycles. The van der Waals surface area contributed by atoms with Crippen molar-refractivity contribution in [2.75, 3.05) is 5.32 Å². The lowest BCUT2D eigenvalue weighted by Crippen LogP contribution is -2.50. The average Bonchev–Trinajstić information content (AvgIpc) is 3.07. The van der Waals surface area contributed by atoms with Crippen LogP contribution in [-0.2, 0) is 27.8 Å². The van der Waals surface area contributed by atoms with Crippen molar-refractivity contribution < 1.29 is 17.7 Å². The molecule has 1 aliphatic heterocycles. The van der Waals surface area contributed by atoms with E-state index < -0.39 is 16.1 Å². The van der Waals surface area contributed by atoms with Gasteiger partial charge in [-0.1, -0.05) is 45.4 Å². The third-order valence-electron chi connectivity index (χ3n) is 5.15. The molecule has 3 aromatic rings. The zero-order chi connectivity index (χ0) is 21.5. The molecule has 0 spiro atoms. The van der Waals surface area contributed by atoms with Crippen molar-refractivity contribution in [1.82, 2.24) is 9.46 Å². The predicted molar refractivity (Wildman–Crippen MR) is 115 cm³/mol. The molecule has 1 atom stereocenters. The van der Waals surface area contributed by atoms with Crippen molar-refractivity contribution in [3.63, 3.8) is 0 Å². The Balaban J connectivity index is 1.74. The van der Waals surface area contributed by atoms with Crippen LogP contribution in [0.2, 0.25) is 0 Å². The van der Waals surface area contributed by atoms with Crippen LogP contribution < -0.4 is 5.32 Å². The maximum atomic E-state index is 13.6. The Morgan fingerprint density at radius 3 is 2.43 bits per heavy atom. The van der Waals surface area contributed by atoms with Crippen LogP contribution in [0.5, 0.6) is 0 Å². The van der Waals surface area contributed by atoms with E-state index in [9.17, 15) is 13.2 Å². The number of carbonyl (C=O) groups excluding carboxylic acids is 1. The molecule has 1 aromatic heterocycles. The minimum atomic E-state index is -4.01. The Kier molecular flexibility index (Phi) is 5.52. The quantitative estimate of drug-likeness (QED) is 0.601. The molecule has 2 heterocycles. The van der Waals surface area contributed by atoms with Gasteiger partial charge in [-0.05, 0) is 55.7 Å². The minimum absolute atomic E-state index is 0.0170. The first-order chi connectivity index (χ1) is 14.3. The third kappa shape index (κ3) is 3.80. The van der Waals surface area contributed by atoms with Crippen molar-refractivity contribution in [1.29, 1.82) is 0 Å². The van der Waals surface area contributed by atoms with E-state index in [1.165, 1.54) is 4.31 Å². The Labute approximate surface area is 183 Å². The molecule has 30 heavy (non-hydrogen) atoms. The smallest absolute Gasteiger partial charge is 0.249 e. The van der Waals surface area contributed by atoms with Gasteiger partial charge in [-0.3, -0.25) is 4.79 Å². The lowest BCUT2D eigenvalue weighted by atomic mass is 9.95. The number of nitrogens with zero attached hydrogens (tertiary/aromatic N) is 2. The Bertz CT molecular complexity index is 1190. The molecule has 4 rings (SSSR count). The molecular weight excluding hydrogens is 470 g/mol. The van der Waals surface area contributed by atoms with Crippen LogP contribution in [0, 0.1) is 13.8 Å². The second-order valence-corrected chi connectivity index (χ2v) is 9.93. The van der Waals surface area contributed by atoms with Crippen molar-refractivity contribution in [2.45, 2.75) is 37.8 Å². The number of amides is 1. The third-order valence-corrected chi connectivity index (χ3v) is 7.78. The van der Waals surface area contributed by atoms with Crippen LogP contribution in [0.15, 0.2) is 62.4 Å². The van der Waals surface area contributed by atoms with Crippen molar-refractivity contribution >= 4 is 37.5 Å². The summed E-state index contributed by atoms with van der Waals surface area (Å²) in [5, 5.41) is 6.62. The summed E-state index contributed by atoms with van der Waals surface area (Å²) in [7, 11) is -4.01. The van der Waals surface area contributed by atoms with E-state index in [-0.39, 0.29) is 35.2 Å². The van der Waals surface area contributed by atoms with Gasteiger partial charge < -0.3 is 9.84 Å². The molecule has 156 valence electrons. The van der Waals surface area contributed by atoms with Gasteiger partial charge in [0.1, 0.15) is 16.6 Å². The molecular formula is C21H20BrN3O4S. The Hall–Kier alpha value is -2.49. The molecule has 1 amide bonds. The second kappa shape index (κ2) is 7.98. The Morgan fingerprint density at radius 1 is 1.13 bits per heavy atom. The van der Waals surface area contributed by atoms with Gasteiger partial charge in [0.2, 0.25) is 15.9 Å². The van der Waals surface area contributed by atoms with Gasteiger partial charge in [0, 0.05) is 16.7 Å². The highest BCUT2D eigenvalue weighted by Crippen LogP contribution is 2.32. The normalized spacial score (nSPS) is 16.8. The number of fused-ring (bicyclic) bond motifs is 1. The fraction of sp³-hybridized carbons (Fsp3) is 0.238. The van der Waals surface area contributed by atoms with Crippen LogP contribution in [0.3, 0.4) is 0 Å². The molecule has 0 bridgehead atoms. The van der Waals surface area contributed by atoms with E-state index in [1.54, 1.807) is 26.0 Å².